The molecule has 0 aliphatic heterocycles. The summed E-state index contributed by atoms with van der Waals surface area (Å²) in [5.41, 5.74) is 4.35. The summed E-state index contributed by atoms with van der Waals surface area (Å²) >= 11 is 3.42. The van der Waals surface area contributed by atoms with Gasteiger partial charge in [0.1, 0.15) is 11.5 Å². The third-order valence-corrected chi connectivity index (χ3v) is 4.14. The molecule has 0 aliphatic rings. The van der Waals surface area contributed by atoms with Gasteiger partial charge in [-0.3, -0.25) is 4.79 Å². The molecule has 0 unspecified atom stereocenters. The Morgan fingerprint density at radius 2 is 1.88 bits per heavy atom. The van der Waals surface area contributed by atoms with E-state index >= 15 is 0 Å². The molecule has 5 nitrogen and oxygen atoms in total. The number of nitrogens with zero attached hydrogens (tertiary/aromatic N) is 1. The minimum Gasteiger partial charge on any atom is -0.494 e. The van der Waals surface area contributed by atoms with Crippen LogP contribution in [0.2, 0.25) is 0 Å². The molecular formula is C19H21BrN2O3. The number of nitrogens with one attached hydrogen (secondary N) is 1. The number of hydrazone groups is 1. The number of aryl methyl sites for hydroxylation is 1. The van der Waals surface area contributed by atoms with Crippen molar-refractivity contribution in [2.75, 3.05) is 13.2 Å². The van der Waals surface area contributed by atoms with Gasteiger partial charge in [-0.1, -0.05) is 22.9 Å². The average molecular weight is 405 g/mol. The van der Waals surface area contributed by atoms with E-state index in [2.05, 4.69) is 33.4 Å². The van der Waals surface area contributed by atoms with Crippen LogP contribution in [0.15, 0.2) is 52.0 Å². The number of amides is 1. The lowest BCUT2D eigenvalue weighted by molar-refractivity contribution is -0.123. The highest BCUT2D eigenvalue weighted by Gasteiger charge is 2.03. The van der Waals surface area contributed by atoms with Gasteiger partial charge < -0.3 is 9.47 Å². The Morgan fingerprint density at radius 1 is 1.16 bits per heavy atom. The molecule has 0 spiro atoms. The molecule has 2 aromatic rings. The molecule has 6 heteroatoms. The van der Waals surface area contributed by atoms with Crippen LogP contribution < -0.4 is 14.9 Å². The van der Waals surface area contributed by atoms with Crippen molar-refractivity contribution in [3.8, 4) is 11.5 Å². The Hall–Kier alpha value is -2.34. The van der Waals surface area contributed by atoms with Crippen LogP contribution >= 0.6 is 15.9 Å². The van der Waals surface area contributed by atoms with Gasteiger partial charge in [-0.15, -0.1) is 0 Å². The molecule has 0 aromatic heterocycles. The quantitative estimate of drug-likeness (QED) is 0.532. The van der Waals surface area contributed by atoms with Crippen LogP contribution in [0.25, 0.3) is 0 Å². The van der Waals surface area contributed by atoms with Crippen molar-refractivity contribution in [2.45, 2.75) is 20.3 Å². The van der Waals surface area contributed by atoms with Gasteiger partial charge >= 0.3 is 0 Å². The maximum atomic E-state index is 11.8. The van der Waals surface area contributed by atoms with E-state index in [0.29, 0.717) is 12.4 Å². The van der Waals surface area contributed by atoms with Crippen LogP contribution in [-0.4, -0.2) is 25.3 Å². The predicted octanol–water partition coefficient (Wildman–Crippen LogP) is 4.08. The first-order valence-electron chi connectivity index (χ1n) is 8.02. The van der Waals surface area contributed by atoms with Gasteiger partial charge in [0, 0.05) is 4.47 Å². The smallest absolute Gasteiger partial charge is 0.277 e. The highest BCUT2D eigenvalue weighted by Crippen LogP contribution is 2.21. The number of carbonyl (C=O) groups is 1. The van der Waals surface area contributed by atoms with E-state index in [-0.39, 0.29) is 12.5 Å². The third kappa shape index (κ3) is 6.58. The molecule has 0 saturated carbocycles. The Kier molecular flexibility index (Phi) is 7.47. The van der Waals surface area contributed by atoms with Crippen molar-refractivity contribution >= 4 is 28.1 Å². The van der Waals surface area contributed by atoms with Crippen molar-refractivity contribution in [2.24, 2.45) is 5.10 Å². The number of hydrogen-bond donors (Lipinski definition) is 1. The zero-order valence-corrected chi connectivity index (χ0v) is 15.9. The van der Waals surface area contributed by atoms with Gasteiger partial charge in [0.05, 0.1) is 12.8 Å². The van der Waals surface area contributed by atoms with Crippen LogP contribution in [-0.2, 0) is 4.79 Å². The molecule has 1 N–H and O–H groups in total. The minimum absolute atomic E-state index is 0.0950. The van der Waals surface area contributed by atoms with Gasteiger partial charge in [0.25, 0.3) is 5.91 Å². The Balaban J connectivity index is 1.77. The molecule has 0 bridgehead atoms. The standard InChI is InChI=1S/C19H21BrN2O3/c1-3-10-24-16-6-4-15(5-7-16)12-21-22-19(23)13-25-17-8-9-18(20)14(2)11-17/h4-9,11-12H,3,10,13H2,1-2H3,(H,22,23)/b21-12+. The molecule has 0 heterocycles. The second-order valence-corrected chi connectivity index (χ2v) is 6.26. The fourth-order valence-electron chi connectivity index (χ4n) is 1.94. The van der Waals surface area contributed by atoms with Gasteiger partial charge in [-0.25, -0.2) is 5.43 Å². The maximum Gasteiger partial charge on any atom is 0.277 e. The number of benzene rings is 2. The predicted molar refractivity (Wildman–Crippen MR) is 102 cm³/mol. The summed E-state index contributed by atoms with van der Waals surface area (Å²) in [5, 5.41) is 3.92. The Bertz CT molecular complexity index is 730. The summed E-state index contributed by atoms with van der Waals surface area (Å²) in [4.78, 5) is 11.8. The third-order valence-electron chi connectivity index (χ3n) is 3.26. The van der Waals surface area contributed by atoms with Gasteiger partial charge in [-0.2, -0.15) is 5.10 Å². The zero-order valence-electron chi connectivity index (χ0n) is 14.3. The van der Waals surface area contributed by atoms with E-state index in [4.69, 9.17) is 9.47 Å². The number of rotatable bonds is 8. The molecule has 2 aromatic carbocycles. The summed E-state index contributed by atoms with van der Waals surface area (Å²) in [6, 6.07) is 13.0. The van der Waals surface area contributed by atoms with E-state index in [9.17, 15) is 4.79 Å². The molecule has 2 rings (SSSR count). The maximum absolute atomic E-state index is 11.8. The number of ether oxygens (including phenoxy) is 2. The molecule has 1 amide bonds. The lowest BCUT2D eigenvalue weighted by Gasteiger charge is -2.06. The number of carbonyl (C=O) groups excluding carboxylic acids is 1. The van der Waals surface area contributed by atoms with Gasteiger partial charge in [0.2, 0.25) is 0 Å². The van der Waals surface area contributed by atoms with Crippen LogP contribution in [0.3, 0.4) is 0 Å². The number of halogens is 1. The van der Waals surface area contributed by atoms with Crippen molar-refractivity contribution in [1.29, 1.82) is 0 Å². The Labute approximate surface area is 156 Å². The molecular weight excluding hydrogens is 384 g/mol. The first kappa shape index (κ1) is 19.0. The molecule has 0 aliphatic carbocycles. The fourth-order valence-corrected chi connectivity index (χ4v) is 2.18. The fraction of sp³-hybridized carbons (Fsp3) is 0.263. The summed E-state index contributed by atoms with van der Waals surface area (Å²) < 4.78 is 11.9. The van der Waals surface area contributed by atoms with Crippen molar-refractivity contribution in [3.63, 3.8) is 0 Å². The topological polar surface area (TPSA) is 59.9 Å². The number of hydrogen-bond acceptors (Lipinski definition) is 4. The van der Waals surface area contributed by atoms with E-state index in [0.717, 1.165) is 27.8 Å². The lowest BCUT2D eigenvalue weighted by atomic mass is 10.2. The first-order valence-corrected chi connectivity index (χ1v) is 8.81. The first-order chi connectivity index (χ1) is 12.1. The van der Waals surface area contributed by atoms with Crippen LogP contribution in [0.5, 0.6) is 11.5 Å². The second kappa shape index (κ2) is 9.84. The van der Waals surface area contributed by atoms with E-state index in [1.807, 2.05) is 43.3 Å². The largest absolute Gasteiger partial charge is 0.494 e. The molecule has 25 heavy (non-hydrogen) atoms. The summed E-state index contributed by atoms with van der Waals surface area (Å²) in [6.45, 7) is 4.62. The lowest BCUT2D eigenvalue weighted by Crippen LogP contribution is -2.24. The van der Waals surface area contributed by atoms with Crippen LogP contribution in [0, 0.1) is 6.92 Å². The summed E-state index contributed by atoms with van der Waals surface area (Å²) in [7, 11) is 0. The van der Waals surface area contributed by atoms with Crippen molar-refractivity contribution < 1.29 is 14.3 Å². The van der Waals surface area contributed by atoms with Gasteiger partial charge in [-0.05, 0) is 66.9 Å². The minimum atomic E-state index is -0.320. The average Bonchev–Trinajstić information content (AvgIpc) is 2.62. The van der Waals surface area contributed by atoms with Crippen LogP contribution in [0.1, 0.15) is 24.5 Å². The zero-order chi connectivity index (χ0) is 18.1. The summed E-state index contributed by atoms with van der Waals surface area (Å²) in [5.74, 6) is 1.14. The highest BCUT2D eigenvalue weighted by molar-refractivity contribution is 9.10. The SMILES string of the molecule is CCCOc1ccc(/C=N/NC(=O)COc2ccc(Br)c(C)c2)cc1. The van der Waals surface area contributed by atoms with E-state index < -0.39 is 0 Å². The van der Waals surface area contributed by atoms with Gasteiger partial charge in [0.15, 0.2) is 6.61 Å². The highest BCUT2D eigenvalue weighted by atomic mass is 79.9. The van der Waals surface area contributed by atoms with E-state index in [1.165, 1.54) is 0 Å². The second-order valence-electron chi connectivity index (χ2n) is 5.41. The van der Waals surface area contributed by atoms with Crippen molar-refractivity contribution in [1.82, 2.24) is 5.43 Å². The monoisotopic (exact) mass is 404 g/mol. The van der Waals surface area contributed by atoms with E-state index in [1.54, 1.807) is 12.3 Å². The normalized spacial score (nSPS) is 10.7. The molecule has 0 saturated heterocycles. The molecule has 132 valence electrons. The van der Waals surface area contributed by atoms with Crippen molar-refractivity contribution in [3.05, 3.63) is 58.1 Å². The molecule has 0 radical (unpaired) electrons. The van der Waals surface area contributed by atoms with Crippen LogP contribution in [0.4, 0.5) is 0 Å². The molecule has 0 fully saturated rings. The molecule has 0 atom stereocenters. The summed E-state index contributed by atoms with van der Waals surface area (Å²) in [6.07, 6.45) is 2.54. The Morgan fingerprint density at radius 3 is 2.56 bits per heavy atom.